The fourth-order valence-corrected chi connectivity index (χ4v) is 2.32. The Balaban J connectivity index is 2.67. The molecular weight excluding hydrogens is 268 g/mol. The second-order valence-electron chi connectivity index (χ2n) is 3.88. The highest BCUT2D eigenvalue weighted by atomic mass is 32.2. The Morgan fingerprint density at radius 2 is 2.00 bits per heavy atom. The van der Waals surface area contributed by atoms with Gasteiger partial charge in [0.2, 0.25) is 10.0 Å². The number of hydrogen-bond donors (Lipinski definition) is 2. The lowest BCUT2D eigenvalue weighted by atomic mass is 10.1. The molecule has 0 bridgehead atoms. The Hall–Kier alpha value is -1.60. The van der Waals surface area contributed by atoms with Gasteiger partial charge in [0, 0.05) is 12.3 Å². The SMILES string of the molecule is CCOCCS(=O)(=O)Nc1ccc(/C(C)=N/O)cc1. The molecule has 1 aromatic carbocycles. The smallest absolute Gasteiger partial charge is 0.234 e. The standard InChI is InChI=1S/C12H18N2O4S/c1-3-18-8-9-19(16,17)14-12-6-4-11(5-7-12)10(2)13-15/h4-7,14-15H,3,8-9H2,1-2H3/b13-10+. The van der Waals surface area contributed by atoms with Crippen molar-refractivity contribution in [2.45, 2.75) is 13.8 Å². The van der Waals surface area contributed by atoms with Crippen molar-refractivity contribution in [2.24, 2.45) is 5.16 Å². The summed E-state index contributed by atoms with van der Waals surface area (Å²) < 4.78 is 30.9. The molecule has 0 aromatic heterocycles. The number of nitrogens with one attached hydrogen (secondary N) is 1. The number of nitrogens with zero attached hydrogens (tertiary/aromatic N) is 1. The minimum absolute atomic E-state index is 0.0836. The first-order valence-electron chi connectivity index (χ1n) is 5.86. The Morgan fingerprint density at radius 1 is 1.37 bits per heavy atom. The third-order valence-corrected chi connectivity index (χ3v) is 3.68. The van der Waals surface area contributed by atoms with Gasteiger partial charge in [-0.15, -0.1) is 0 Å². The number of rotatable bonds is 7. The minimum atomic E-state index is -3.40. The van der Waals surface area contributed by atoms with Crippen LogP contribution in [-0.4, -0.2) is 38.3 Å². The summed E-state index contributed by atoms with van der Waals surface area (Å²) in [5.74, 6) is -0.0836. The maximum Gasteiger partial charge on any atom is 0.234 e. The first-order chi connectivity index (χ1) is 8.98. The Morgan fingerprint density at radius 3 is 2.53 bits per heavy atom. The lowest BCUT2D eigenvalue weighted by Crippen LogP contribution is -2.20. The normalized spacial score (nSPS) is 12.4. The van der Waals surface area contributed by atoms with Crippen LogP contribution in [0.4, 0.5) is 5.69 Å². The topological polar surface area (TPSA) is 88.0 Å². The Kier molecular flexibility index (Phi) is 5.78. The van der Waals surface area contributed by atoms with E-state index in [-0.39, 0.29) is 12.4 Å². The van der Waals surface area contributed by atoms with E-state index in [0.717, 1.165) is 5.56 Å². The molecule has 0 aliphatic heterocycles. The first kappa shape index (κ1) is 15.5. The van der Waals surface area contributed by atoms with Crippen LogP contribution in [0.5, 0.6) is 0 Å². The fraction of sp³-hybridized carbons (Fsp3) is 0.417. The minimum Gasteiger partial charge on any atom is -0.411 e. The highest BCUT2D eigenvalue weighted by molar-refractivity contribution is 7.92. The number of ether oxygens (including phenoxy) is 1. The molecule has 7 heteroatoms. The maximum absolute atomic E-state index is 11.7. The zero-order valence-corrected chi connectivity index (χ0v) is 11.8. The molecule has 0 aliphatic rings. The van der Waals surface area contributed by atoms with Crippen molar-refractivity contribution in [3.05, 3.63) is 29.8 Å². The van der Waals surface area contributed by atoms with Gasteiger partial charge < -0.3 is 9.94 Å². The second kappa shape index (κ2) is 7.10. The van der Waals surface area contributed by atoms with Gasteiger partial charge in [-0.2, -0.15) is 0 Å². The molecule has 0 fully saturated rings. The van der Waals surface area contributed by atoms with E-state index in [1.54, 1.807) is 31.2 Å². The van der Waals surface area contributed by atoms with Gasteiger partial charge in [0.1, 0.15) is 0 Å². The van der Waals surface area contributed by atoms with E-state index in [2.05, 4.69) is 9.88 Å². The van der Waals surface area contributed by atoms with Crippen molar-refractivity contribution in [1.29, 1.82) is 0 Å². The van der Waals surface area contributed by atoms with Crippen LogP contribution in [0.3, 0.4) is 0 Å². The molecule has 0 heterocycles. The molecule has 0 amide bonds. The quantitative estimate of drug-likeness (QED) is 0.345. The lowest BCUT2D eigenvalue weighted by molar-refractivity contribution is 0.163. The zero-order valence-electron chi connectivity index (χ0n) is 11.0. The summed E-state index contributed by atoms with van der Waals surface area (Å²) in [7, 11) is -3.40. The third kappa shape index (κ3) is 5.27. The summed E-state index contributed by atoms with van der Waals surface area (Å²) in [5.41, 5.74) is 1.65. The molecule has 19 heavy (non-hydrogen) atoms. The third-order valence-electron chi connectivity index (χ3n) is 2.43. The van der Waals surface area contributed by atoms with Crippen LogP contribution in [0.2, 0.25) is 0 Å². The van der Waals surface area contributed by atoms with Crippen LogP contribution in [0.1, 0.15) is 19.4 Å². The number of anilines is 1. The summed E-state index contributed by atoms with van der Waals surface area (Å²) in [5, 5.41) is 11.7. The monoisotopic (exact) mass is 286 g/mol. The van der Waals surface area contributed by atoms with Crippen LogP contribution in [0, 0.1) is 0 Å². The van der Waals surface area contributed by atoms with E-state index in [1.807, 2.05) is 6.92 Å². The summed E-state index contributed by atoms with van der Waals surface area (Å²) >= 11 is 0. The summed E-state index contributed by atoms with van der Waals surface area (Å²) in [6.45, 7) is 4.12. The molecule has 106 valence electrons. The van der Waals surface area contributed by atoms with E-state index >= 15 is 0 Å². The van der Waals surface area contributed by atoms with Crippen LogP contribution in [0.15, 0.2) is 29.4 Å². The van der Waals surface area contributed by atoms with Gasteiger partial charge in [-0.25, -0.2) is 8.42 Å². The van der Waals surface area contributed by atoms with Crippen molar-refractivity contribution < 1.29 is 18.4 Å². The molecule has 0 saturated heterocycles. The molecule has 0 aliphatic carbocycles. The highest BCUT2D eigenvalue weighted by Gasteiger charge is 2.10. The van der Waals surface area contributed by atoms with E-state index < -0.39 is 10.0 Å². The van der Waals surface area contributed by atoms with Gasteiger partial charge >= 0.3 is 0 Å². The molecule has 2 N–H and O–H groups in total. The number of oxime groups is 1. The summed E-state index contributed by atoms with van der Waals surface area (Å²) in [4.78, 5) is 0. The predicted octanol–water partition coefficient (Wildman–Crippen LogP) is 1.66. The Bertz CT molecular complexity index is 523. The largest absolute Gasteiger partial charge is 0.411 e. The number of hydrogen-bond acceptors (Lipinski definition) is 5. The molecule has 1 rings (SSSR count). The zero-order chi connectivity index (χ0) is 14.3. The van der Waals surface area contributed by atoms with Crippen molar-refractivity contribution >= 4 is 21.4 Å². The molecule has 1 aromatic rings. The summed E-state index contributed by atoms with van der Waals surface area (Å²) in [6.07, 6.45) is 0. The highest BCUT2D eigenvalue weighted by Crippen LogP contribution is 2.12. The lowest BCUT2D eigenvalue weighted by Gasteiger charge is -2.08. The average molecular weight is 286 g/mol. The van der Waals surface area contributed by atoms with Crippen LogP contribution < -0.4 is 4.72 Å². The number of sulfonamides is 1. The van der Waals surface area contributed by atoms with E-state index in [9.17, 15) is 8.42 Å². The molecule has 0 saturated carbocycles. The molecule has 6 nitrogen and oxygen atoms in total. The van der Waals surface area contributed by atoms with Crippen LogP contribution >= 0.6 is 0 Å². The van der Waals surface area contributed by atoms with Gasteiger partial charge in [-0.05, 0) is 31.5 Å². The average Bonchev–Trinajstić information content (AvgIpc) is 2.38. The second-order valence-corrected chi connectivity index (χ2v) is 5.72. The van der Waals surface area contributed by atoms with Gasteiger partial charge in [-0.1, -0.05) is 17.3 Å². The summed E-state index contributed by atoms with van der Waals surface area (Å²) in [6, 6.07) is 6.58. The van der Waals surface area contributed by atoms with Gasteiger partial charge in [0.25, 0.3) is 0 Å². The van der Waals surface area contributed by atoms with Crippen LogP contribution in [0.25, 0.3) is 0 Å². The molecule has 0 unspecified atom stereocenters. The van der Waals surface area contributed by atoms with Crippen molar-refractivity contribution in [3.8, 4) is 0 Å². The maximum atomic E-state index is 11.7. The molecule has 0 spiro atoms. The van der Waals surface area contributed by atoms with Crippen molar-refractivity contribution in [2.75, 3.05) is 23.7 Å². The molecule has 0 radical (unpaired) electrons. The van der Waals surface area contributed by atoms with Gasteiger partial charge in [0.15, 0.2) is 0 Å². The Labute approximate surface area is 113 Å². The van der Waals surface area contributed by atoms with E-state index in [4.69, 9.17) is 9.94 Å². The molecular formula is C12H18N2O4S. The van der Waals surface area contributed by atoms with Gasteiger partial charge in [-0.3, -0.25) is 4.72 Å². The van der Waals surface area contributed by atoms with E-state index in [1.165, 1.54) is 0 Å². The predicted molar refractivity (Wildman–Crippen MR) is 74.3 cm³/mol. The van der Waals surface area contributed by atoms with E-state index in [0.29, 0.717) is 18.0 Å². The van der Waals surface area contributed by atoms with Crippen molar-refractivity contribution in [1.82, 2.24) is 0 Å². The molecule has 0 atom stereocenters. The first-order valence-corrected chi connectivity index (χ1v) is 7.51. The number of benzene rings is 1. The van der Waals surface area contributed by atoms with Gasteiger partial charge in [0.05, 0.1) is 18.1 Å². The fourth-order valence-electron chi connectivity index (χ4n) is 1.38. The van der Waals surface area contributed by atoms with Crippen molar-refractivity contribution in [3.63, 3.8) is 0 Å². The van der Waals surface area contributed by atoms with Crippen LogP contribution in [-0.2, 0) is 14.8 Å².